The van der Waals surface area contributed by atoms with E-state index in [1.807, 2.05) is 30.3 Å². The van der Waals surface area contributed by atoms with Gasteiger partial charge >= 0.3 is 5.97 Å². The van der Waals surface area contributed by atoms with Crippen LogP contribution in [-0.4, -0.2) is 17.1 Å². The van der Waals surface area contributed by atoms with E-state index >= 15 is 0 Å². The third-order valence-electron chi connectivity index (χ3n) is 3.63. The van der Waals surface area contributed by atoms with Gasteiger partial charge in [0.25, 0.3) is 0 Å². The number of carboxylic acids is 1. The number of benzene rings is 2. The van der Waals surface area contributed by atoms with E-state index in [1.165, 1.54) is 6.07 Å². The van der Waals surface area contributed by atoms with Gasteiger partial charge in [0, 0.05) is 29.0 Å². The van der Waals surface area contributed by atoms with Gasteiger partial charge in [-0.15, -0.1) is 0 Å². The maximum Gasteiger partial charge on any atom is 0.303 e. The van der Waals surface area contributed by atoms with Crippen LogP contribution in [0.3, 0.4) is 0 Å². The van der Waals surface area contributed by atoms with Crippen molar-refractivity contribution in [2.75, 3.05) is 0 Å². The van der Waals surface area contributed by atoms with Crippen LogP contribution in [0.4, 0.5) is 4.39 Å². The smallest absolute Gasteiger partial charge is 0.303 e. The van der Waals surface area contributed by atoms with Crippen molar-refractivity contribution in [2.45, 2.75) is 31.8 Å². The summed E-state index contributed by atoms with van der Waals surface area (Å²) in [4.78, 5) is 10.8. The molecule has 0 heterocycles. The van der Waals surface area contributed by atoms with Crippen molar-refractivity contribution in [1.29, 1.82) is 0 Å². The summed E-state index contributed by atoms with van der Waals surface area (Å²) in [6.45, 7) is 0.371. The molecule has 23 heavy (non-hydrogen) atoms. The lowest BCUT2D eigenvalue weighted by Crippen LogP contribution is -2.31. The molecule has 2 aromatic carbocycles. The molecule has 0 saturated heterocycles. The van der Waals surface area contributed by atoms with Crippen LogP contribution >= 0.6 is 15.9 Å². The summed E-state index contributed by atoms with van der Waals surface area (Å²) >= 11 is 3.24. The molecule has 0 aromatic heterocycles. The van der Waals surface area contributed by atoms with Gasteiger partial charge in [0.05, 0.1) is 0 Å². The van der Waals surface area contributed by atoms with Gasteiger partial charge in [-0.2, -0.15) is 0 Å². The number of hydrogen-bond acceptors (Lipinski definition) is 2. The van der Waals surface area contributed by atoms with E-state index in [-0.39, 0.29) is 18.3 Å². The summed E-state index contributed by atoms with van der Waals surface area (Å²) in [5.41, 5.74) is 1.70. The SMILES string of the molecule is O=C(O)CCC(Cc1ccccc1)NCc1ccc(Br)cc1F. The highest BCUT2D eigenvalue weighted by Gasteiger charge is 2.13. The molecule has 2 rings (SSSR count). The molecular formula is C18H19BrFNO2. The van der Waals surface area contributed by atoms with E-state index < -0.39 is 5.97 Å². The van der Waals surface area contributed by atoms with Crippen LogP contribution in [0.5, 0.6) is 0 Å². The summed E-state index contributed by atoms with van der Waals surface area (Å²) in [5, 5.41) is 12.2. The summed E-state index contributed by atoms with van der Waals surface area (Å²) in [7, 11) is 0. The molecule has 0 spiro atoms. The molecule has 0 saturated carbocycles. The number of carbonyl (C=O) groups is 1. The predicted molar refractivity (Wildman–Crippen MR) is 91.7 cm³/mol. The van der Waals surface area contributed by atoms with Crippen molar-refractivity contribution in [3.8, 4) is 0 Å². The first-order valence-electron chi connectivity index (χ1n) is 7.47. The Kier molecular flexibility index (Phi) is 6.74. The second-order valence-electron chi connectivity index (χ2n) is 5.44. The van der Waals surface area contributed by atoms with Crippen molar-refractivity contribution in [2.24, 2.45) is 0 Å². The molecule has 0 aliphatic rings. The molecule has 3 nitrogen and oxygen atoms in total. The summed E-state index contributed by atoms with van der Waals surface area (Å²) < 4.78 is 14.6. The van der Waals surface area contributed by atoms with Crippen LogP contribution in [-0.2, 0) is 17.8 Å². The van der Waals surface area contributed by atoms with Crippen molar-refractivity contribution in [1.82, 2.24) is 5.32 Å². The van der Waals surface area contributed by atoms with Crippen LogP contribution in [0, 0.1) is 5.82 Å². The zero-order valence-corrected chi connectivity index (χ0v) is 14.2. The Morgan fingerprint density at radius 1 is 1.22 bits per heavy atom. The Bertz CT molecular complexity index is 649. The van der Waals surface area contributed by atoms with Crippen LogP contribution in [0.1, 0.15) is 24.0 Å². The van der Waals surface area contributed by atoms with E-state index in [1.54, 1.807) is 12.1 Å². The highest BCUT2D eigenvalue weighted by molar-refractivity contribution is 9.10. The molecular weight excluding hydrogens is 361 g/mol. The Balaban J connectivity index is 2.00. The molecule has 0 amide bonds. The van der Waals surface area contributed by atoms with Gasteiger partial charge in [0.1, 0.15) is 5.82 Å². The van der Waals surface area contributed by atoms with E-state index in [0.717, 1.165) is 5.56 Å². The van der Waals surface area contributed by atoms with Gasteiger partial charge < -0.3 is 10.4 Å². The largest absolute Gasteiger partial charge is 0.481 e. The van der Waals surface area contributed by atoms with Gasteiger partial charge in [0.15, 0.2) is 0 Å². The summed E-state index contributed by atoms with van der Waals surface area (Å²) in [5.74, 6) is -1.09. The number of hydrogen-bond donors (Lipinski definition) is 2. The van der Waals surface area contributed by atoms with Crippen molar-refractivity contribution in [3.05, 3.63) is 69.9 Å². The van der Waals surface area contributed by atoms with Crippen molar-refractivity contribution in [3.63, 3.8) is 0 Å². The minimum atomic E-state index is -0.820. The fourth-order valence-electron chi connectivity index (χ4n) is 2.39. The number of halogens is 2. The van der Waals surface area contributed by atoms with Gasteiger partial charge in [-0.1, -0.05) is 52.3 Å². The first-order valence-corrected chi connectivity index (χ1v) is 8.27. The van der Waals surface area contributed by atoms with Crippen molar-refractivity contribution < 1.29 is 14.3 Å². The number of aliphatic carboxylic acids is 1. The zero-order valence-electron chi connectivity index (χ0n) is 12.6. The quantitative estimate of drug-likeness (QED) is 0.723. The molecule has 2 aromatic rings. The molecule has 122 valence electrons. The minimum absolute atomic E-state index is 0.0171. The van der Waals surface area contributed by atoms with Gasteiger partial charge in [-0.05, 0) is 30.5 Å². The Labute approximate surface area is 143 Å². The summed E-state index contributed by atoms with van der Waals surface area (Å²) in [6.07, 6.45) is 1.31. The maximum atomic E-state index is 13.9. The lowest BCUT2D eigenvalue weighted by molar-refractivity contribution is -0.137. The van der Waals surface area contributed by atoms with E-state index in [2.05, 4.69) is 21.2 Å². The third kappa shape index (κ3) is 6.12. The molecule has 2 N–H and O–H groups in total. The summed E-state index contributed by atoms with van der Waals surface area (Å²) in [6, 6.07) is 14.8. The first-order chi connectivity index (χ1) is 11.0. The van der Waals surface area contributed by atoms with Crippen LogP contribution < -0.4 is 5.32 Å². The number of carboxylic acid groups (broad SMARTS) is 1. The second kappa shape index (κ2) is 8.79. The van der Waals surface area contributed by atoms with Gasteiger partial charge in [0.2, 0.25) is 0 Å². The average molecular weight is 380 g/mol. The third-order valence-corrected chi connectivity index (χ3v) is 4.12. The van der Waals surface area contributed by atoms with Crippen LogP contribution in [0.25, 0.3) is 0 Å². The molecule has 1 atom stereocenters. The fraction of sp³-hybridized carbons (Fsp3) is 0.278. The van der Waals surface area contributed by atoms with Crippen molar-refractivity contribution >= 4 is 21.9 Å². The molecule has 5 heteroatoms. The number of rotatable bonds is 8. The van der Waals surface area contributed by atoms with Crippen LogP contribution in [0.2, 0.25) is 0 Å². The lowest BCUT2D eigenvalue weighted by atomic mass is 10.0. The second-order valence-corrected chi connectivity index (χ2v) is 6.35. The highest BCUT2D eigenvalue weighted by Crippen LogP contribution is 2.16. The molecule has 0 aliphatic carbocycles. The number of nitrogens with one attached hydrogen (secondary N) is 1. The molecule has 0 fully saturated rings. The van der Waals surface area contributed by atoms with Gasteiger partial charge in [-0.25, -0.2) is 4.39 Å². The normalized spacial score (nSPS) is 12.1. The van der Waals surface area contributed by atoms with E-state index in [4.69, 9.17) is 5.11 Å². The Morgan fingerprint density at radius 2 is 1.96 bits per heavy atom. The Morgan fingerprint density at radius 3 is 2.61 bits per heavy atom. The Hall–Kier alpha value is -1.72. The standard InChI is InChI=1S/C18H19BrFNO2/c19-15-7-6-14(17(20)11-15)12-21-16(8-9-18(22)23)10-13-4-2-1-3-5-13/h1-7,11,16,21H,8-10,12H2,(H,22,23). The highest BCUT2D eigenvalue weighted by atomic mass is 79.9. The first kappa shape index (κ1) is 17.6. The minimum Gasteiger partial charge on any atom is -0.481 e. The maximum absolute atomic E-state index is 13.9. The predicted octanol–water partition coefficient (Wildman–Crippen LogP) is 4.15. The molecule has 1 unspecified atom stereocenters. The van der Waals surface area contributed by atoms with E-state index in [0.29, 0.717) is 29.4 Å². The molecule has 0 bridgehead atoms. The van der Waals surface area contributed by atoms with Crippen LogP contribution in [0.15, 0.2) is 53.0 Å². The molecule has 0 aliphatic heterocycles. The topological polar surface area (TPSA) is 49.3 Å². The lowest BCUT2D eigenvalue weighted by Gasteiger charge is -2.18. The van der Waals surface area contributed by atoms with E-state index in [9.17, 15) is 9.18 Å². The van der Waals surface area contributed by atoms with Gasteiger partial charge in [-0.3, -0.25) is 4.79 Å². The molecule has 0 radical (unpaired) electrons. The zero-order chi connectivity index (χ0) is 16.7. The monoisotopic (exact) mass is 379 g/mol. The fourth-order valence-corrected chi connectivity index (χ4v) is 2.73. The average Bonchev–Trinajstić information content (AvgIpc) is 2.52.